The summed E-state index contributed by atoms with van der Waals surface area (Å²) in [6.07, 6.45) is 0. The van der Waals surface area contributed by atoms with Gasteiger partial charge in [0, 0.05) is 13.6 Å². The molecule has 21 heavy (non-hydrogen) atoms. The Kier molecular flexibility index (Phi) is 4.96. The Morgan fingerprint density at radius 1 is 1.29 bits per heavy atom. The van der Waals surface area contributed by atoms with Crippen molar-refractivity contribution in [3.05, 3.63) is 40.6 Å². The Balaban J connectivity index is 1.88. The molecule has 0 atom stereocenters. The number of carbonyl (C=O) groups is 2. The van der Waals surface area contributed by atoms with Crippen LogP contribution in [-0.4, -0.2) is 59.0 Å². The topological polar surface area (TPSA) is 108 Å². The summed E-state index contributed by atoms with van der Waals surface area (Å²) in [6, 6.07) is 6.43. The predicted molar refractivity (Wildman–Crippen MR) is 71.0 cm³/mol. The highest BCUT2D eigenvalue weighted by Crippen LogP contribution is 2.21. The number of rotatable bonds is 7. The third-order valence-corrected chi connectivity index (χ3v) is 2.95. The van der Waals surface area contributed by atoms with Crippen molar-refractivity contribution in [3.8, 4) is 0 Å². The van der Waals surface area contributed by atoms with E-state index >= 15 is 0 Å². The molecule has 0 aliphatic carbocycles. The highest BCUT2D eigenvalue weighted by Gasteiger charge is 2.35. The number of aliphatic hydroxyl groups is 1. The van der Waals surface area contributed by atoms with Gasteiger partial charge < -0.3 is 10.3 Å². The number of likely N-dealkylation sites (N-methyl/N-ethyl adjacent to an activating group) is 1. The second kappa shape index (κ2) is 6.72. The van der Waals surface area contributed by atoms with Gasteiger partial charge >= 0.3 is 0 Å². The number of imide groups is 1. The van der Waals surface area contributed by atoms with Crippen LogP contribution in [0.2, 0.25) is 0 Å². The Labute approximate surface area is 120 Å². The normalized spacial score (nSPS) is 14.4. The largest absolute Gasteiger partial charge is 0.756 e. The first-order valence-corrected chi connectivity index (χ1v) is 6.18. The minimum absolute atomic E-state index is 0.104. The lowest BCUT2D eigenvalue weighted by Gasteiger charge is -2.36. The van der Waals surface area contributed by atoms with Gasteiger partial charge in [0.2, 0.25) is 0 Å². The molecule has 0 spiro atoms. The van der Waals surface area contributed by atoms with Crippen LogP contribution in [0.4, 0.5) is 0 Å². The molecule has 0 saturated heterocycles. The van der Waals surface area contributed by atoms with Crippen LogP contribution in [0, 0.1) is 5.21 Å². The summed E-state index contributed by atoms with van der Waals surface area (Å²) < 4.78 is 0. The lowest BCUT2D eigenvalue weighted by molar-refractivity contribution is -0.164. The first-order valence-electron chi connectivity index (χ1n) is 6.18. The van der Waals surface area contributed by atoms with Crippen LogP contribution in [0.1, 0.15) is 20.7 Å². The Morgan fingerprint density at radius 2 is 1.86 bits per heavy atom. The molecule has 0 fully saturated rings. The molecule has 0 saturated carbocycles. The summed E-state index contributed by atoms with van der Waals surface area (Å²) in [7, 11) is 1.43. The summed E-state index contributed by atoms with van der Waals surface area (Å²) in [5, 5.41) is 21.4. The average molecular weight is 295 g/mol. The molecule has 0 aromatic heterocycles. The van der Waals surface area contributed by atoms with E-state index in [1.807, 2.05) is 5.59 Å². The molecule has 0 radical (unpaired) electrons. The van der Waals surface area contributed by atoms with Crippen molar-refractivity contribution in [2.75, 3.05) is 26.9 Å². The number of fused-ring (bicyclic) bond motifs is 1. The minimum atomic E-state index is -0.474. The number of nitrogens with zero attached hydrogens (tertiary/aromatic N) is 3. The van der Waals surface area contributed by atoms with Gasteiger partial charge in [-0.3, -0.25) is 14.4 Å². The monoisotopic (exact) mass is 295 g/mol. The van der Waals surface area contributed by atoms with Crippen LogP contribution in [0.25, 0.3) is 0 Å². The third kappa shape index (κ3) is 3.24. The SMILES string of the molecule is CN(CCO)N([O-])NOCN1C(=O)c2ccccc2C1=O. The van der Waals surface area contributed by atoms with Crippen molar-refractivity contribution in [1.29, 1.82) is 0 Å². The molecule has 2 N–H and O–H groups in total. The molecule has 1 aliphatic rings. The smallest absolute Gasteiger partial charge is 0.263 e. The summed E-state index contributed by atoms with van der Waals surface area (Å²) >= 11 is 0. The van der Waals surface area contributed by atoms with Gasteiger partial charge in [0.05, 0.1) is 17.7 Å². The third-order valence-electron chi connectivity index (χ3n) is 2.95. The van der Waals surface area contributed by atoms with Crippen LogP contribution < -0.4 is 5.59 Å². The maximum Gasteiger partial charge on any atom is 0.263 e. The number of amides is 2. The number of aliphatic hydroxyl groups excluding tert-OH is 1. The number of hydrogen-bond donors (Lipinski definition) is 2. The van der Waals surface area contributed by atoms with E-state index in [4.69, 9.17) is 9.94 Å². The molecular weight excluding hydrogens is 280 g/mol. The molecule has 1 aliphatic heterocycles. The van der Waals surface area contributed by atoms with Crippen molar-refractivity contribution in [3.63, 3.8) is 0 Å². The summed E-state index contributed by atoms with van der Waals surface area (Å²) in [5.74, 6) is -0.947. The zero-order valence-corrected chi connectivity index (χ0v) is 11.4. The zero-order valence-electron chi connectivity index (χ0n) is 11.4. The number of benzene rings is 1. The van der Waals surface area contributed by atoms with Crippen LogP contribution in [0.3, 0.4) is 0 Å². The van der Waals surface area contributed by atoms with Crippen LogP contribution >= 0.6 is 0 Å². The number of hydrogen-bond acceptors (Lipinski definition) is 8. The van der Waals surface area contributed by atoms with E-state index in [0.717, 1.165) is 9.91 Å². The van der Waals surface area contributed by atoms with Crippen molar-refractivity contribution in [2.24, 2.45) is 0 Å². The van der Waals surface area contributed by atoms with Crippen LogP contribution in [0.15, 0.2) is 24.3 Å². The molecule has 1 aromatic carbocycles. The Hall–Kier alpha value is -1.88. The van der Waals surface area contributed by atoms with E-state index in [2.05, 4.69) is 0 Å². The van der Waals surface area contributed by atoms with Crippen LogP contribution in [0.5, 0.6) is 0 Å². The first-order chi connectivity index (χ1) is 10.1. The summed E-state index contributed by atoms with van der Waals surface area (Å²) in [5.41, 5.74) is 2.62. The number of nitrogens with one attached hydrogen (secondary N) is 1. The molecular formula is C12H15N4O5-. The maximum absolute atomic E-state index is 12.0. The van der Waals surface area contributed by atoms with Crippen molar-refractivity contribution >= 4 is 11.8 Å². The van der Waals surface area contributed by atoms with Crippen molar-refractivity contribution < 1.29 is 19.5 Å². The van der Waals surface area contributed by atoms with Gasteiger partial charge in [-0.05, 0) is 12.1 Å². The van der Waals surface area contributed by atoms with Gasteiger partial charge in [-0.2, -0.15) is 0 Å². The first kappa shape index (κ1) is 15.5. The molecule has 2 amide bonds. The van der Waals surface area contributed by atoms with Crippen molar-refractivity contribution in [2.45, 2.75) is 0 Å². The summed E-state index contributed by atoms with van der Waals surface area (Å²) in [4.78, 5) is 29.7. The molecule has 2 rings (SSSR count). The lowest BCUT2D eigenvalue weighted by atomic mass is 10.1. The quantitative estimate of drug-likeness (QED) is 0.503. The molecule has 0 unspecified atom stereocenters. The van der Waals surface area contributed by atoms with Gasteiger partial charge in [-0.1, -0.05) is 12.1 Å². The van der Waals surface area contributed by atoms with Crippen molar-refractivity contribution in [1.82, 2.24) is 20.8 Å². The molecule has 0 bridgehead atoms. The van der Waals surface area contributed by atoms with Gasteiger partial charge in [-0.15, -0.1) is 5.59 Å². The van der Waals surface area contributed by atoms with Gasteiger partial charge in [0.25, 0.3) is 11.8 Å². The minimum Gasteiger partial charge on any atom is -0.756 e. The van der Waals surface area contributed by atoms with E-state index < -0.39 is 18.5 Å². The summed E-state index contributed by atoms with van der Waals surface area (Å²) in [6.45, 7) is -0.500. The molecule has 1 aromatic rings. The van der Waals surface area contributed by atoms with E-state index in [9.17, 15) is 14.8 Å². The molecule has 9 nitrogen and oxygen atoms in total. The predicted octanol–water partition coefficient (Wildman–Crippen LogP) is -0.685. The standard InChI is InChI=1S/C12H15N4O5/c1-14(6-7-17)16(20)13-21-8-15-11(18)9-4-2-3-5-10(9)12(15)19/h2-5,13,17H,6-8H2,1H3/q-1. The van der Waals surface area contributed by atoms with Gasteiger partial charge in [0.1, 0.15) is 0 Å². The van der Waals surface area contributed by atoms with Gasteiger partial charge in [-0.25, -0.2) is 15.2 Å². The number of hydrazine groups is 2. The fraction of sp³-hybridized carbons (Fsp3) is 0.333. The Bertz CT molecular complexity index is 503. The van der Waals surface area contributed by atoms with E-state index in [1.165, 1.54) is 7.05 Å². The highest BCUT2D eigenvalue weighted by molar-refractivity contribution is 6.21. The molecule has 9 heteroatoms. The lowest BCUT2D eigenvalue weighted by Crippen LogP contribution is -2.47. The highest BCUT2D eigenvalue weighted by atomic mass is 16.8. The Morgan fingerprint density at radius 3 is 2.38 bits per heavy atom. The maximum atomic E-state index is 12.0. The second-order valence-electron chi connectivity index (χ2n) is 4.33. The van der Waals surface area contributed by atoms with E-state index in [-0.39, 0.29) is 18.4 Å². The molecule has 1 heterocycles. The second-order valence-corrected chi connectivity index (χ2v) is 4.33. The van der Waals surface area contributed by atoms with Gasteiger partial charge in [0.15, 0.2) is 6.73 Å². The number of carbonyl (C=O) groups excluding carboxylic acids is 2. The van der Waals surface area contributed by atoms with Crippen LogP contribution in [-0.2, 0) is 4.84 Å². The fourth-order valence-electron chi connectivity index (χ4n) is 1.81. The van der Waals surface area contributed by atoms with E-state index in [1.54, 1.807) is 24.3 Å². The fourth-order valence-corrected chi connectivity index (χ4v) is 1.81. The molecule has 114 valence electrons. The zero-order chi connectivity index (χ0) is 15.4. The van der Waals surface area contributed by atoms with E-state index in [0.29, 0.717) is 11.1 Å². The average Bonchev–Trinajstić information content (AvgIpc) is 2.73.